The second-order valence-electron chi connectivity index (χ2n) is 8.50. The number of hydrogen-bond acceptors (Lipinski definition) is 3. The summed E-state index contributed by atoms with van der Waals surface area (Å²) in [7, 11) is 0. The van der Waals surface area contributed by atoms with Crippen molar-refractivity contribution >= 4 is 68.5 Å². The van der Waals surface area contributed by atoms with Gasteiger partial charge in [-0.25, -0.2) is 4.68 Å². The van der Waals surface area contributed by atoms with E-state index in [1.165, 1.54) is 0 Å². The van der Waals surface area contributed by atoms with Gasteiger partial charge in [-0.1, -0.05) is 81.6 Å². The second-order valence-corrected chi connectivity index (χ2v) is 11.2. The highest BCUT2D eigenvalue weighted by Crippen LogP contribution is 2.39. The number of halogens is 3. The summed E-state index contributed by atoms with van der Waals surface area (Å²) in [6, 6.07) is 23.2. The van der Waals surface area contributed by atoms with Crippen LogP contribution in [0.4, 0.5) is 0 Å². The van der Waals surface area contributed by atoms with E-state index in [1.807, 2.05) is 55.5 Å². The van der Waals surface area contributed by atoms with Crippen LogP contribution in [-0.4, -0.2) is 21.4 Å². The first-order valence-corrected chi connectivity index (χ1v) is 14.1. The Balaban J connectivity index is 1.61. The number of aromatic nitrogens is 2. The summed E-state index contributed by atoms with van der Waals surface area (Å²) in [5, 5.41) is 8.95. The highest BCUT2D eigenvalue weighted by Gasteiger charge is 2.30. The van der Waals surface area contributed by atoms with Gasteiger partial charge < -0.3 is 5.32 Å². The quantitative estimate of drug-likeness (QED) is 0.252. The normalized spacial score (nSPS) is 14.9. The summed E-state index contributed by atoms with van der Waals surface area (Å²) in [5.74, 6) is 1.26. The molecule has 4 aromatic rings. The van der Waals surface area contributed by atoms with Crippen molar-refractivity contribution in [2.45, 2.75) is 18.7 Å². The van der Waals surface area contributed by atoms with Crippen molar-refractivity contribution < 1.29 is 4.79 Å². The van der Waals surface area contributed by atoms with Gasteiger partial charge in [0.1, 0.15) is 0 Å². The van der Waals surface area contributed by atoms with Gasteiger partial charge in [0.15, 0.2) is 5.69 Å². The van der Waals surface area contributed by atoms with E-state index in [9.17, 15) is 4.79 Å². The van der Waals surface area contributed by atoms with Gasteiger partial charge in [0.05, 0.1) is 22.4 Å². The predicted molar refractivity (Wildman–Crippen MR) is 154 cm³/mol. The molecule has 1 aromatic heterocycles. The molecule has 36 heavy (non-hydrogen) atoms. The smallest absolute Gasteiger partial charge is 0.272 e. The first-order valence-electron chi connectivity index (χ1n) is 11.4. The summed E-state index contributed by atoms with van der Waals surface area (Å²) in [6.45, 7) is 1.97. The van der Waals surface area contributed by atoms with Crippen LogP contribution in [-0.2, 0) is 5.75 Å². The van der Waals surface area contributed by atoms with Gasteiger partial charge in [-0.15, -0.1) is 0 Å². The molecule has 0 radical (unpaired) electrons. The van der Waals surface area contributed by atoms with E-state index in [-0.39, 0.29) is 11.9 Å². The molecule has 0 saturated carbocycles. The Morgan fingerprint density at radius 3 is 2.56 bits per heavy atom. The Hall–Kier alpha value is -2.51. The number of fused-ring (bicyclic) bond motifs is 1. The zero-order chi connectivity index (χ0) is 25.2. The average Bonchev–Trinajstić information content (AvgIpc) is 3.26. The molecule has 182 valence electrons. The number of carbonyl (C=O) groups excluding carboxylic acids is 1. The van der Waals surface area contributed by atoms with Crippen LogP contribution in [0.5, 0.6) is 0 Å². The molecule has 1 atom stereocenters. The van der Waals surface area contributed by atoms with E-state index in [4.69, 9.17) is 28.3 Å². The van der Waals surface area contributed by atoms with Gasteiger partial charge in [-0.2, -0.15) is 16.9 Å². The van der Waals surface area contributed by atoms with Gasteiger partial charge in [0.2, 0.25) is 0 Å². The molecular weight excluding hydrogens is 577 g/mol. The van der Waals surface area contributed by atoms with E-state index in [0.717, 1.165) is 38.2 Å². The number of nitrogens with zero attached hydrogens (tertiary/aromatic N) is 2. The first-order chi connectivity index (χ1) is 17.4. The van der Waals surface area contributed by atoms with Gasteiger partial charge in [-0.05, 0) is 60.0 Å². The number of amides is 1. The third-order valence-corrected chi connectivity index (χ3v) is 8.08. The van der Waals surface area contributed by atoms with Crippen molar-refractivity contribution in [2.24, 2.45) is 0 Å². The lowest BCUT2D eigenvalue weighted by Crippen LogP contribution is -2.28. The molecule has 5 rings (SSSR count). The summed E-state index contributed by atoms with van der Waals surface area (Å²) in [5.41, 5.74) is 6.08. The Bertz CT molecular complexity index is 1450. The summed E-state index contributed by atoms with van der Waals surface area (Å²) < 4.78 is 2.81. The first kappa shape index (κ1) is 25.2. The van der Waals surface area contributed by atoms with Crippen LogP contribution in [0, 0.1) is 0 Å². The van der Waals surface area contributed by atoms with E-state index < -0.39 is 0 Å². The van der Waals surface area contributed by atoms with Crippen LogP contribution in [0.3, 0.4) is 0 Å². The minimum atomic E-state index is -0.211. The highest BCUT2D eigenvalue weighted by molar-refractivity contribution is 9.10. The van der Waals surface area contributed by atoms with Crippen LogP contribution < -0.4 is 5.32 Å². The summed E-state index contributed by atoms with van der Waals surface area (Å²) in [4.78, 5) is 13.5. The third-order valence-electron chi connectivity index (χ3n) is 6.00. The molecule has 0 aliphatic carbocycles. The molecule has 0 unspecified atom stereocenters. The molecule has 1 aliphatic rings. The largest absolute Gasteiger partial charge is 0.344 e. The van der Waals surface area contributed by atoms with Crippen molar-refractivity contribution in [2.75, 3.05) is 5.75 Å². The number of hydrogen-bond donors (Lipinski definition) is 1. The van der Waals surface area contributed by atoms with Crippen molar-refractivity contribution in [1.29, 1.82) is 0 Å². The molecule has 0 fully saturated rings. The Morgan fingerprint density at radius 2 is 1.83 bits per heavy atom. The van der Waals surface area contributed by atoms with E-state index in [0.29, 0.717) is 27.2 Å². The Morgan fingerprint density at radius 1 is 1.08 bits per heavy atom. The van der Waals surface area contributed by atoms with Crippen LogP contribution in [0.15, 0.2) is 77.3 Å². The minimum Gasteiger partial charge on any atom is -0.344 e. The van der Waals surface area contributed by atoms with Crippen LogP contribution in [0.1, 0.15) is 45.8 Å². The maximum atomic E-state index is 13.5. The van der Waals surface area contributed by atoms with Crippen molar-refractivity contribution in [3.05, 3.63) is 115 Å². The summed E-state index contributed by atoms with van der Waals surface area (Å²) >= 11 is 18.0. The molecule has 8 heteroatoms. The molecule has 0 saturated heterocycles. The Kier molecular flexibility index (Phi) is 7.58. The second kappa shape index (κ2) is 10.9. The molecule has 1 aliphatic heterocycles. The summed E-state index contributed by atoms with van der Waals surface area (Å²) in [6.07, 6.45) is 2.15. The van der Waals surface area contributed by atoms with Gasteiger partial charge in [-0.3, -0.25) is 4.79 Å². The van der Waals surface area contributed by atoms with E-state index >= 15 is 0 Å². The third kappa shape index (κ3) is 5.28. The fraction of sp³-hybridized carbons (Fsp3) is 0.143. The SMILES string of the molecule is C[C@@H](NC(=O)c1nn(-c2ccc(Cl)cc2Cl)c2c1CSC/C2=C\c1ccc(Br)cc1)c1ccccc1. The average molecular weight is 599 g/mol. The van der Waals surface area contributed by atoms with E-state index in [1.54, 1.807) is 28.6 Å². The Labute approximate surface area is 232 Å². The molecule has 0 spiro atoms. The monoisotopic (exact) mass is 597 g/mol. The molecule has 3 aromatic carbocycles. The molecule has 1 N–H and O–H groups in total. The molecule has 1 amide bonds. The lowest BCUT2D eigenvalue weighted by molar-refractivity contribution is 0.0933. The van der Waals surface area contributed by atoms with Crippen LogP contribution in [0.2, 0.25) is 10.0 Å². The molecular formula is C28H22BrCl2N3OS. The fourth-order valence-electron chi connectivity index (χ4n) is 4.22. The lowest BCUT2D eigenvalue weighted by Gasteiger charge is -2.19. The van der Waals surface area contributed by atoms with Crippen molar-refractivity contribution in [3.8, 4) is 5.69 Å². The molecule has 2 heterocycles. The molecule has 4 nitrogen and oxygen atoms in total. The predicted octanol–water partition coefficient (Wildman–Crippen LogP) is 8.22. The van der Waals surface area contributed by atoms with Crippen LogP contribution >= 0.6 is 50.9 Å². The van der Waals surface area contributed by atoms with Gasteiger partial charge >= 0.3 is 0 Å². The maximum Gasteiger partial charge on any atom is 0.272 e. The fourth-order valence-corrected chi connectivity index (χ4v) is 5.99. The number of carbonyl (C=O) groups is 1. The standard InChI is InChI=1S/C28H22BrCl2N3OS/c1-17(19-5-3-2-4-6-19)32-28(35)26-23-16-36-15-20(13-18-7-9-21(29)10-8-18)27(23)34(33-26)25-12-11-22(30)14-24(25)31/h2-14,17H,15-16H2,1H3,(H,32,35)/b20-13+/t17-/m1/s1. The van der Waals surface area contributed by atoms with Crippen LogP contribution in [0.25, 0.3) is 17.3 Å². The van der Waals surface area contributed by atoms with Crippen molar-refractivity contribution in [1.82, 2.24) is 15.1 Å². The maximum absolute atomic E-state index is 13.5. The highest BCUT2D eigenvalue weighted by atomic mass is 79.9. The van der Waals surface area contributed by atoms with E-state index in [2.05, 4.69) is 39.5 Å². The zero-order valence-corrected chi connectivity index (χ0v) is 23.3. The number of thioether (sulfide) groups is 1. The van der Waals surface area contributed by atoms with Gasteiger partial charge in [0.25, 0.3) is 5.91 Å². The minimum absolute atomic E-state index is 0.160. The zero-order valence-electron chi connectivity index (χ0n) is 19.3. The number of nitrogens with one attached hydrogen (secondary N) is 1. The topological polar surface area (TPSA) is 46.9 Å². The van der Waals surface area contributed by atoms with Crippen molar-refractivity contribution in [3.63, 3.8) is 0 Å². The molecule has 0 bridgehead atoms. The van der Waals surface area contributed by atoms with Gasteiger partial charge in [0, 0.05) is 26.6 Å². The number of benzene rings is 3. The number of rotatable bonds is 5. The lowest BCUT2D eigenvalue weighted by atomic mass is 10.0.